The average molecular weight is 441 g/mol. The van der Waals surface area contributed by atoms with E-state index in [0.29, 0.717) is 42.3 Å². The fourth-order valence-corrected chi connectivity index (χ4v) is 5.61. The van der Waals surface area contributed by atoms with E-state index in [1.54, 1.807) is 18.5 Å². The van der Waals surface area contributed by atoms with E-state index in [0.717, 1.165) is 44.1 Å². The lowest BCUT2D eigenvalue weighted by atomic mass is 9.59. The minimum atomic E-state index is -0.750. The van der Waals surface area contributed by atoms with Crippen molar-refractivity contribution >= 4 is 23.1 Å². The summed E-state index contributed by atoms with van der Waals surface area (Å²) in [5.74, 6) is -0.762. The fourth-order valence-electron chi connectivity index (χ4n) is 5.43. The second-order valence-corrected chi connectivity index (χ2v) is 8.78. The highest BCUT2D eigenvalue weighted by atomic mass is 35.5. The number of allylic oxidation sites excluding steroid dienone is 1. The summed E-state index contributed by atoms with van der Waals surface area (Å²) < 4.78 is 12.3. The predicted molar refractivity (Wildman–Crippen MR) is 117 cm³/mol. The van der Waals surface area contributed by atoms with E-state index in [9.17, 15) is 5.11 Å². The Bertz CT molecular complexity index is 1030. The van der Waals surface area contributed by atoms with Gasteiger partial charge in [0.1, 0.15) is 11.5 Å². The zero-order valence-corrected chi connectivity index (χ0v) is 18.0. The molecule has 1 saturated heterocycles. The molecule has 1 atom stereocenters. The van der Waals surface area contributed by atoms with E-state index >= 15 is 0 Å². The lowest BCUT2D eigenvalue weighted by molar-refractivity contribution is -0.236. The maximum Gasteiger partial charge on any atom is 0.223 e. The molecule has 0 aromatic carbocycles. The molecule has 2 N–H and O–H groups in total. The molecule has 2 saturated carbocycles. The molecule has 0 bridgehead atoms. The number of rotatable bonds is 2. The molecule has 162 valence electrons. The first-order valence-corrected chi connectivity index (χ1v) is 11.2. The summed E-state index contributed by atoms with van der Waals surface area (Å²) in [5.41, 5.74) is 2.22. The Hall–Kier alpha value is -2.35. The number of fused-ring (bicyclic) bond motifs is 1. The maximum absolute atomic E-state index is 11.3. The van der Waals surface area contributed by atoms with Crippen molar-refractivity contribution in [3.8, 4) is 11.3 Å². The topological polar surface area (TPSA) is 101 Å². The van der Waals surface area contributed by atoms with E-state index in [1.165, 1.54) is 0 Å². The van der Waals surface area contributed by atoms with Crippen molar-refractivity contribution in [3.63, 3.8) is 0 Å². The zero-order valence-electron chi connectivity index (χ0n) is 17.2. The van der Waals surface area contributed by atoms with E-state index in [2.05, 4.69) is 15.0 Å². The lowest BCUT2D eigenvalue weighted by Crippen LogP contribution is -2.57. The quantitative estimate of drug-likeness (QED) is 0.505. The molecule has 1 aliphatic heterocycles. The van der Waals surface area contributed by atoms with Crippen molar-refractivity contribution in [1.82, 2.24) is 15.0 Å². The molecule has 2 aromatic heterocycles. The van der Waals surface area contributed by atoms with Crippen LogP contribution in [-0.2, 0) is 9.47 Å². The smallest absolute Gasteiger partial charge is 0.223 e. The van der Waals surface area contributed by atoms with Gasteiger partial charge in [0.15, 0.2) is 5.79 Å². The number of halogens is 1. The largest absolute Gasteiger partial charge is 0.505 e. The van der Waals surface area contributed by atoms with Gasteiger partial charge in [0.2, 0.25) is 5.28 Å². The van der Waals surface area contributed by atoms with Gasteiger partial charge >= 0.3 is 0 Å². The number of hydrogen-bond acceptors (Lipinski definition) is 7. The highest BCUT2D eigenvalue weighted by molar-refractivity contribution is 6.28. The molecule has 0 unspecified atom stereocenters. The van der Waals surface area contributed by atoms with Gasteiger partial charge in [-0.15, -0.1) is 0 Å². The van der Waals surface area contributed by atoms with Crippen molar-refractivity contribution in [2.45, 2.75) is 50.7 Å². The SMILES string of the molecule is N=C1/C(=C(\O)c2cc(-c3ccncc3)nc(Cl)n2)CCC[C@@]12CCCCC21OCCO1. The van der Waals surface area contributed by atoms with Gasteiger partial charge in [-0.05, 0) is 61.9 Å². The van der Waals surface area contributed by atoms with Gasteiger partial charge in [-0.2, -0.15) is 0 Å². The number of pyridine rings is 1. The third-order valence-corrected chi connectivity index (χ3v) is 7.03. The summed E-state index contributed by atoms with van der Waals surface area (Å²) in [6.45, 7) is 1.10. The second-order valence-electron chi connectivity index (χ2n) is 8.44. The molecule has 2 spiro atoms. The van der Waals surface area contributed by atoms with Crippen LogP contribution in [0.3, 0.4) is 0 Å². The Morgan fingerprint density at radius 1 is 1.03 bits per heavy atom. The van der Waals surface area contributed by atoms with Crippen LogP contribution in [0.15, 0.2) is 36.2 Å². The second kappa shape index (κ2) is 7.97. The summed E-state index contributed by atoms with van der Waals surface area (Å²) >= 11 is 6.19. The average Bonchev–Trinajstić information content (AvgIpc) is 3.27. The van der Waals surface area contributed by atoms with Crippen molar-refractivity contribution < 1.29 is 14.6 Å². The molecular formula is C23H25ClN4O3. The molecule has 5 rings (SSSR count). The normalized spacial score (nSPS) is 27.1. The number of aromatic nitrogens is 3. The number of aliphatic hydroxyl groups is 1. The molecule has 3 fully saturated rings. The first-order chi connectivity index (χ1) is 15.0. The van der Waals surface area contributed by atoms with E-state index < -0.39 is 11.2 Å². The standard InChI is InChI=1S/C23H25ClN4O3/c24-21-27-17(15-5-10-26-11-6-15)14-18(28-21)19(29)16-4-3-8-22(20(16)25)7-1-2-9-23(22)30-12-13-31-23/h5-6,10-11,14,25,29H,1-4,7-9,12-13H2/b19-16-,25-20?/t22-/m0/s1. The number of aliphatic hydroxyl groups excluding tert-OH is 1. The molecule has 31 heavy (non-hydrogen) atoms. The Labute approximate surface area is 186 Å². The molecule has 3 aliphatic rings. The van der Waals surface area contributed by atoms with Crippen LogP contribution in [0.25, 0.3) is 17.0 Å². The van der Waals surface area contributed by atoms with Crippen LogP contribution in [0.5, 0.6) is 0 Å². The molecule has 7 nitrogen and oxygen atoms in total. The van der Waals surface area contributed by atoms with Gasteiger partial charge in [-0.1, -0.05) is 6.42 Å². The molecule has 2 aromatic rings. The Morgan fingerprint density at radius 3 is 2.52 bits per heavy atom. The van der Waals surface area contributed by atoms with Crippen LogP contribution in [0, 0.1) is 10.8 Å². The van der Waals surface area contributed by atoms with Crippen molar-refractivity contribution in [2.24, 2.45) is 5.41 Å². The van der Waals surface area contributed by atoms with Crippen molar-refractivity contribution in [2.75, 3.05) is 13.2 Å². The molecule has 2 aliphatic carbocycles. The van der Waals surface area contributed by atoms with Gasteiger partial charge in [0, 0.05) is 35.7 Å². The fraction of sp³-hybridized carbons (Fsp3) is 0.478. The molecule has 3 heterocycles. The Kier molecular flexibility index (Phi) is 5.28. The molecule has 8 heteroatoms. The number of hydrogen-bond donors (Lipinski definition) is 2. The van der Waals surface area contributed by atoms with Crippen molar-refractivity contribution in [1.29, 1.82) is 5.41 Å². The minimum absolute atomic E-state index is 0.0117. The molecular weight excluding hydrogens is 416 g/mol. The summed E-state index contributed by atoms with van der Waals surface area (Å²) in [5, 5.41) is 20.5. The van der Waals surface area contributed by atoms with Crippen LogP contribution in [0.4, 0.5) is 0 Å². The number of nitrogens with one attached hydrogen (secondary N) is 1. The Morgan fingerprint density at radius 2 is 1.74 bits per heavy atom. The van der Waals surface area contributed by atoms with Gasteiger partial charge in [0.05, 0.1) is 24.3 Å². The molecule has 0 amide bonds. The highest BCUT2D eigenvalue weighted by Crippen LogP contribution is 2.56. The van der Waals surface area contributed by atoms with Crippen LogP contribution in [0.1, 0.15) is 50.6 Å². The predicted octanol–water partition coefficient (Wildman–Crippen LogP) is 4.97. The number of ether oxygens (including phenoxy) is 2. The first-order valence-electron chi connectivity index (χ1n) is 10.8. The van der Waals surface area contributed by atoms with E-state index in [1.807, 2.05) is 12.1 Å². The number of nitrogens with zero attached hydrogens (tertiary/aromatic N) is 3. The third kappa shape index (κ3) is 3.35. The van der Waals surface area contributed by atoms with Crippen LogP contribution in [0.2, 0.25) is 5.28 Å². The monoisotopic (exact) mass is 440 g/mol. The third-order valence-electron chi connectivity index (χ3n) is 6.86. The zero-order chi connectivity index (χ0) is 21.5. The summed E-state index contributed by atoms with van der Waals surface area (Å²) in [6.07, 6.45) is 9.30. The summed E-state index contributed by atoms with van der Waals surface area (Å²) in [7, 11) is 0. The lowest BCUT2D eigenvalue weighted by Gasteiger charge is -2.52. The van der Waals surface area contributed by atoms with E-state index in [4.69, 9.17) is 26.5 Å². The van der Waals surface area contributed by atoms with Crippen LogP contribution >= 0.6 is 11.6 Å². The van der Waals surface area contributed by atoms with E-state index in [-0.39, 0.29) is 11.0 Å². The molecule has 0 radical (unpaired) electrons. The summed E-state index contributed by atoms with van der Waals surface area (Å²) in [6, 6.07) is 5.35. The van der Waals surface area contributed by atoms with Gasteiger partial charge in [0.25, 0.3) is 0 Å². The van der Waals surface area contributed by atoms with Gasteiger partial charge in [-0.25, -0.2) is 9.97 Å². The van der Waals surface area contributed by atoms with Crippen molar-refractivity contribution in [3.05, 3.63) is 47.1 Å². The highest BCUT2D eigenvalue weighted by Gasteiger charge is 2.60. The van der Waals surface area contributed by atoms with Gasteiger partial charge < -0.3 is 20.0 Å². The Balaban J connectivity index is 1.57. The minimum Gasteiger partial charge on any atom is -0.505 e. The summed E-state index contributed by atoms with van der Waals surface area (Å²) in [4.78, 5) is 12.6. The maximum atomic E-state index is 11.3. The van der Waals surface area contributed by atoms with Crippen LogP contribution < -0.4 is 0 Å². The van der Waals surface area contributed by atoms with Gasteiger partial charge in [-0.3, -0.25) is 4.98 Å². The van der Waals surface area contributed by atoms with Crippen LogP contribution in [-0.4, -0.2) is 44.8 Å². The first kappa shape index (κ1) is 20.5.